The van der Waals surface area contributed by atoms with E-state index in [1.165, 1.54) is 0 Å². The van der Waals surface area contributed by atoms with Crippen LogP contribution in [0.2, 0.25) is 0 Å². The molecule has 8 nitrogen and oxygen atoms in total. The molecule has 4 aromatic rings. The van der Waals surface area contributed by atoms with Gasteiger partial charge in [0.15, 0.2) is 11.3 Å². The van der Waals surface area contributed by atoms with Gasteiger partial charge in [0.25, 0.3) is 0 Å². The molecule has 1 atom stereocenters. The van der Waals surface area contributed by atoms with Gasteiger partial charge in [0.2, 0.25) is 0 Å². The lowest BCUT2D eigenvalue weighted by molar-refractivity contribution is 0.0698. The summed E-state index contributed by atoms with van der Waals surface area (Å²) in [6.07, 6.45) is 3.73. The van der Waals surface area contributed by atoms with Crippen molar-refractivity contribution in [2.45, 2.75) is 33.0 Å². The zero-order valence-corrected chi connectivity index (χ0v) is 18.4. The van der Waals surface area contributed by atoms with Crippen LogP contribution in [0.15, 0.2) is 64.1 Å². The van der Waals surface area contributed by atoms with Crippen molar-refractivity contribution < 1.29 is 14.3 Å². The normalized spacial score (nSPS) is 14.2. The van der Waals surface area contributed by atoms with Crippen LogP contribution in [-0.4, -0.2) is 27.2 Å². The number of fused-ring (bicyclic) bond motifs is 2. The van der Waals surface area contributed by atoms with Gasteiger partial charge in [0, 0.05) is 42.8 Å². The van der Waals surface area contributed by atoms with E-state index < -0.39 is 5.97 Å². The largest absolute Gasteiger partial charge is 0.478 e. The van der Waals surface area contributed by atoms with Crippen LogP contribution < -0.4 is 15.6 Å². The Morgan fingerprint density at radius 3 is 2.85 bits per heavy atom. The molecule has 5 rings (SSSR count). The van der Waals surface area contributed by atoms with Crippen molar-refractivity contribution in [3.05, 3.63) is 87.6 Å². The molecule has 0 bridgehead atoms. The first-order chi connectivity index (χ1) is 15.9. The molecule has 0 saturated carbocycles. The second-order valence-electron chi connectivity index (χ2n) is 8.35. The van der Waals surface area contributed by atoms with Crippen LogP contribution in [0, 0.1) is 6.92 Å². The van der Waals surface area contributed by atoms with Crippen molar-refractivity contribution in [1.82, 2.24) is 9.55 Å². The summed E-state index contributed by atoms with van der Waals surface area (Å²) in [5, 5.41) is 13.3. The third-order valence-corrected chi connectivity index (χ3v) is 6.04. The summed E-state index contributed by atoms with van der Waals surface area (Å²) in [4.78, 5) is 31.1. The fourth-order valence-corrected chi connectivity index (χ4v) is 4.37. The van der Waals surface area contributed by atoms with Crippen molar-refractivity contribution in [2.24, 2.45) is 0 Å². The number of para-hydroxylation sites is 1. The number of aryl methyl sites for hydroxylation is 1. The van der Waals surface area contributed by atoms with E-state index in [4.69, 9.17) is 4.42 Å². The second-order valence-corrected chi connectivity index (χ2v) is 8.35. The van der Waals surface area contributed by atoms with Crippen molar-refractivity contribution in [2.75, 3.05) is 16.8 Å². The van der Waals surface area contributed by atoms with Gasteiger partial charge in [-0.05, 0) is 37.6 Å². The first kappa shape index (κ1) is 20.8. The zero-order chi connectivity index (χ0) is 23.1. The number of imidazole rings is 1. The Kier molecular flexibility index (Phi) is 5.12. The van der Waals surface area contributed by atoms with E-state index in [-0.39, 0.29) is 17.0 Å². The standard InChI is InChI=1S/C25H24N4O4/c1-15-11-18(16(2)27-20-6-4-3-5-17(20)25(31)32)24-19(12-15)21(30)13-23(33-24)29-10-9-28-8-7-26-22(28)14-29/h3-8,11-13,16,27H,9-10,14H2,1-2H3,(H,31,32). The number of nitrogens with zero attached hydrogens (tertiary/aromatic N) is 3. The molecule has 2 aromatic carbocycles. The fraction of sp³-hybridized carbons (Fsp3) is 0.240. The maximum Gasteiger partial charge on any atom is 0.337 e. The fourth-order valence-electron chi connectivity index (χ4n) is 4.37. The molecule has 0 aliphatic carbocycles. The van der Waals surface area contributed by atoms with Crippen molar-refractivity contribution in [3.63, 3.8) is 0 Å². The molecular weight excluding hydrogens is 420 g/mol. The van der Waals surface area contributed by atoms with E-state index in [0.29, 0.717) is 35.6 Å². The van der Waals surface area contributed by atoms with Crippen LogP contribution in [0.5, 0.6) is 0 Å². The number of aromatic nitrogens is 2. The Morgan fingerprint density at radius 2 is 2.03 bits per heavy atom. The topological polar surface area (TPSA) is 101 Å². The molecule has 168 valence electrons. The second kappa shape index (κ2) is 8.12. The predicted molar refractivity (Wildman–Crippen MR) is 126 cm³/mol. The van der Waals surface area contributed by atoms with Gasteiger partial charge >= 0.3 is 5.97 Å². The summed E-state index contributed by atoms with van der Waals surface area (Å²) in [6.45, 7) is 5.89. The quantitative estimate of drug-likeness (QED) is 0.476. The highest BCUT2D eigenvalue weighted by Gasteiger charge is 2.22. The highest BCUT2D eigenvalue weighted by atomic mass is 16.4. The van der Waals surface area contributed by atoms with Crippen LogP contribution in [0.25, 0.3) is 11.0 Å². The Morgan fingerprint density at radius 1 is 1.21 bits per heavy atom. The van der Waals surface area contributed by atoms with Gasteiger partial charge in [-0.1, -0.05) is 18.2 Å². The Bertz CT molecular complexity index is 1420. The molecule has 3 heterocycles. The molecule has 0 spiro atoms. The van der Waals surface area contributed by atoms with E-state index in [2.05, 4.69) is 14.9 Å². The molecule has 2 N–H and O–H groups in total. The molecule has 2 aromatic heterocycles. The molecule has 1 aliphatic heterocycles. The molecule has 0 radical (unpaired) electrons. The maximum absolute atomic E-state index is 13.1. The molecule has 1 aliphatic rings. The molecular formula is C25H24N4O4. The lowest BCUT2D eigenvalue weighted by Crippen LogP contribution is -2.34. The minimum atomic E-state index is -1.00. The number of hydrogen-bond donors (Lipinski definition) is 2. The monoisotopic (exact) mass is 444 g/mol. The number of rotatable bonds is 5. The molecule has 8 heteroatoms. The first-order valence-corrected chi connectivity index (χ1v) is 10.8. The minimum Gasteiger partial charge on any atom is -0.478 e. The molecule has 0 fully saturated rings. The minimum absolute atomic E-state index is 0.108. The molecule has 0 saturated heterocycles. The van der Waals surface area contributed by atoms with Crippen LogP contribution in [-0.2, 0) is 13.1 Å². The summed E-state index contributed by atoms with van der Waals surface area (Å²) in [5.41, 5.74) is 2.81. The maximum atomic E-state index is 13.1. The van der Waals surface area contributed by atoms with Crippen LogP contribution in [0.1, 0.15) is 40.3 Å². The lowest BCUT2D eigenvalue weighted by atomic mass is 10.0. The number of aromatic carboxylic acids is 1. The smallest absolute Gasteiger partial charge is 0.337 e. The summed E-state index contributed by atoms with van der Waals surface area (Å²) >= 11 is 0. The number of anilines is 2. The van der Waals surface area contributed by atoms with Crippen LogP contribution >= 0.6 is 0 Å². The van der Waals surface area contributed by atoms with Gasteiger partial charge in [-0.15, -0.1) is 0 Å². The van der Waals surface area contributed by atoms with Gasteiger partial charge < -0.3 is 24.3 Å². The van der Waals surface area contributed by atoms with Crippen LogP contribution in [0.4, 0.5) is 11.6 Å². The number of hydrogen-bond acceptors (Lipinski definition) is 6. The summed E-state index contributed by atoms with van der Waals surface area (Å²) in [5.74, 6) is 0.426. The third-order valence-electron chi connectivity index (χ3n) is 6.04. The zero-order valence-electron chi connectivity index (χ0n) is 18.4. The number of nitrogens with one attached hydrogen (secondary N) is 1. The van der Waals surface area contributed by atoms with E-state index in [9.17, 15) is 14.7 Å². The summed E-state index contributed by atoms with van der Waals surface area (Å²) < 4.78 is 8.42. The third kappa shape index (κ3) is 3.84. The predicted octanol–water partition coefficient (Wildman–Crippen LogP) is 4.19. The lowest BCUT2D eigenvalue weighted by Gasteiger charge is -2.28. The summed E-state index contributed by atoms with van der Waals surface area (Å²) in [6, 6.07) is 11.8. The first-order valence-electron chi connectivity index (χ1n) is 10.8. The number of carboxylic acids is 1. The highest BCUT2D eigenvalue weighted by Crippen LogP contribution is 2.31. The van der Waals surface area contributed by atoms with Gasteiger partial charge in [0.05, 0.1) is 23.5 Å². The van der Waals surface area contributed by atoms with Gasteiger partial charge in [0.1, 0.15) is 11.4 Å². The van der Waals surface area contributed by atoms with E-state index >= 15 is 0 Å². The molecule has 33 heavy (non-hydrogen) atoms. The van der Waals surface area contributed by atoms with Crippen molar-refractivity contribution in [3.8, 4) is 0 Å². The molecule has 0 amide bonds. The SMILES string of the molecule is Cc1cc(C(C)Nc2ccccc2C(=O)O)c2oc(N3CCn4ccnc4C3)cc(=O)c2c1. The van der Waals surface area contributed by atoms with Crippen LogP contribution in [0.3, 0.4) is 0 Å². The van der Waals surface area contributed by atoms with E-state index in [0.717, 1.165) is 23.5 Å². The Balaban J connectivity index is 1.56. The van der Waals surface area contributed by atoms with Crippen molar-refractivity contribution >= 4 is 28.5 Å². The van der Waals surface area contributed by atoms with Gasteiger partial charge in [-0.2, -0.15) is 0 Å². The molecule has 1 unspecified atom stereocenters. The summed E-state index contributed by atoms with van der Waals surface area (Å²) in [7, 11) is 0. The van der Waals surface area contributed by atoms with Gasteiger partial charge in [-0.3, -0.25) is 4.79 Å². The number of benzene rings is 2. The van der Waals surface area contributed by atoms with E-state index in [1.54, 1.807) is 36.5 Å². The highest BCUT2D eigenvalue weighted by molar-refractivity contribution is 5.94. The number of carbonyl (C=O) groups is 1. The van der Waals surface area contributed by atoms with E-state index in [1.807, 2.05) is 37.1 Å². The van der Waals surface area contributed by atoms with Crippen molar-refractivity contribution in [1.29, 1.82) is 0 Å². The Labute approximate surface area is 190 Å². The van der Waals surface area contributed by atoms with Gasteiger partial charge in [-0.25, -0.2) is 9.78 Å². The number of carboxylic acid groups (broad SMARTS) is 1. The average Bonchev–Trinajstić information content (AvgIpc) is 3.27. The average molecular weight is 444 g/mol. The Hall–Kier alpha value is -4.07.